The van der Waals surface area contributed by atoms with Gasteiger partial charge in [-0.2, -0.15) is 0 Å². The number of halogens is 1. The van der Waals surface area contributed by atoms with Crippen molar-refractivity contribution in [2.75, 3.05) is 6.61 Å². The van der Waals surface area contributed by atoms with Crippen molar-refractivity contribution in [3.63, 3.8) is 0 Å². The highest BCUT2D eigenvalue weighted by molar-refractivity contribution is 7.09. The van der Waals surface area contributed by atoms with Crippen molar-refractivity contribution in [2.24, 2.45) is 5.73 Å². The average Bonchev–Trinajstić information content (AvgIpc) is 2.89. The highest BCUT2D eigenvalue weighted by Gasteiger charge is 2.03. The van der Waals surface area contributed by atoms with Crippen LogP contribution in [0.4, 0.5) is 4.39 Å². The standard InChI is InChI=1S/C14H16FNOS/c15-13-4-3-11(12(8-13)9-16)10-17-6-5-14-2-1-7-18-14/h1-4,7-8H,5-6,9-10,16H2. The van der Waals surface area contributed by atoms with Crippen LogP contribution in [0, 0.1) is 5.82 Å². The topological polar surface area (TPSA) is 35.2 Å². The van der Waals surface area contributed by atoms with Gasteiger partial charge < -0.3 is 10.5 Å². The molecule has 4 heteroatoms. The Labute approximate surface area is 110 Å². The lowest BCUT2D eigenvalue weighted by Gasteiger charge is -2.08. The molecular weight excluding hydrogens is 249 g/mol. The summed E-state index contributed by atoms with van der Waals surface area (Å²) in [6, 6.07) is 8.78. The number of hydrogen-bond acceptors (Lipinski definition) is 3. The lowest BCUT2D eigenvalue weighted by molar-refractivity contribution is 0.123. The van der Waals surface area contributed by atoms with Gasteiger partial charge in [0.1, 0.15) is 5.82 Å². The molecule has 0 spiro atoms. The molecule has 1 aromatic heterocycles. The summed E-state index contributed by atoms with van der Waals surface area (Å²) in [4.78, 5) is 1.31. The summed E-state index contributed by atoms with van der Waals surface area (Å²) in [5.74, 6) is -0.252. The molecule has 1 heterocycles. The minimum absolute atomic E-state index is 0.252. The molecule has 0 radical (unpaired) electrons. The third kappa shape index (κ3) is 3.63. The van der Waals surface area contributed by atoms with E-state index in [0.717, 1.165) is 17.5 Å². The summed E-state index contributed by atoms with van der Waals surface area (Å²) in [5.41, 5.74) is 7.35. The van der Waals surface area contributed by atoms with Gasteiger partial charge in [-0.25, -0.2) is 4.39 Å². The van der Waals surface area contributed by atoms with E-state index in [9.17, 15) is 4.39 Å². The normalized spacial score (nSPS) is 10.8. The number of hydrogen-bond donors (Lipinski definition) is 1. The molecule has 0 atom stereocenters. The van der Waals surface area contributed by atoms with E-state index in [-0.39, 0.29) is 5.82 Å². The van der Waals surface area contributed by atoms with E-state index in [2.05, 4.69) is 11.4 Å². The fourth-order valence-electron chi connectivity index (χ4n) is 1.74. The molecule has 0 saturated carbocycles. The van der Waals surface area contributed by atoms with Crippen molar-refractivity contribution in [2.45, 2.75) is 19.6 Å². The molecule has 18 heavy (non-hydrogen) atoms. The minimum atomic E-state index is -0.252. The van der Waals surface area contributed by atoms with Crippen molar-refractivity contribution < 1.29 is 9.13 Å². The number of ether oxygens (including phenoxy) is 1. The second-order valence-electron chi connectivity index (χ2n) is 4.00. The smallest absolute Gasteiger partial charge is 0.123 e. The summed E-state index contributed by atoms with van der Waals surface area (Å²) < 4.78 is 18.6. The summed E-state index contributed by atoms with van der Waals surface area (Å²) in [6.07, 6.45) is 0.914. The second kappa shape index (κ2) is 6.64. The van der Waals surface area contributed by atoms with Gasteiger partial charge in [0.15, 0.2) is 0 Å². The molecule has 0 unspecified atom stereocenters. The maximum Gasteiger partial charge on any atom is 0.123 e. The Morgan fingerprint density at radius 2 is 2.11 bits per heavy atom. The fraction of sp³-hybridized carbons (Fsp3) is 0.286. The van der Waals surface area contributed by atoms with Crippen molar-refractivity contribution in [1.82, 2.24) is 0 Å². The summed E-state index contributed by atoms with van der Waals surface area (Å²) in [7, 11) is 0. The van der Waals surface area contributed by atoms with Gasteiger partial charge >= 0.3 is 0 Å². The van der Waals surface area contributed by atoms with Crippen LogP contribution in [0.3, 0.4) is 0 Å². The number of thiophene rings is 1. The summed E-state index contributed by atoms with van der Waals surface area (Å²) in [6.45, 7) is 1.49. The zero-order valence-electron chi connectivity index (χ0n) is 10.1. The Bertz CT molecular complexity index is 485. The van der Waals surface area contributed by atoms with E-state index < -0.39 is 0 Å². The van der Waals surface area contributed by atoms with Gasteiger partial charge in [-0.3, -0.25) is 0 Å². The second-order valence-corrected chi connectivity index (χ2v) is 5.03. The van der Waals surface area contributed by atoms with Crippen LogP contribution in [0.2, 0.25) is 0 Å². The first-order chi connectivity index (χ1) is 8.79. The van der Waals surface area contributed by atoms with E-state index in [0.29, 0.717) is 19.8 Å². The van der Waals surface area contributed by atoms with E-state index in [1.165, 1.54) is 17.0 Å². The molecule has 96 valence electrons. The monoisotopic (exact) mass is 265 g/mol. The predicted octanol–water partition coefficient (Wildman–Crippen LogP) is 3.11. The third-order valence-electron chi connectivity index (χ3n) is 2.72. The highest BCUT2D eigenvalue weighted by Crippen LogP contribution is 2.13. The van der Waals surface area contributed by atoms with Gasteiger partial charge in [-0.1, -0.05) is 12.1 Å². The number of nitrogens with two attached hydrogens (primary N) is 1. The predicted molar refractivity (Wildman–Crippen MR) is 72.0 cm³/mol. The van der Waals surface area contributed by atoms with Gasteiger partial charge in [0.2, 0.25) is 0 Å². The van der Waals surface area contributed by atoms with Gasteiger partial charge in [0, 0.05) is 17.8 Å². The van der Waals surface area contributed by atoms with Crippen LogP contribution in [0.5, 0.6) is 0 Å². The first-order valence-corrected chi connectivity index (χ1v) is 6.75. The molecule has 0 saturated heterocycles. The minimum Gasteiger partial charge on any atom is -0.376 e. The molecule has 0 aliphatic rings. The van der Waals surface area contributed by atoms with Crippen LogP contribution in [0.1, 0.15) is 16.0 Å². The molecule has 2 rings (SSSR count). The first kappa shape index (κ1) is 13.2. The number of benzene rings is 1. The van der Waals surface area contributed by atoms with Crippen LogP contribution in [-0.2, 0) is 24.3 Å². The molecule has 2 aromatic rings. The molecular formula is C14H16FNOS. The largest absolute Gasteiger partial charge is 0.376 e. The van der Waals surface area contributed by atoms with E-state index in [1.54, 1.807) is 17.4 Å². The van der Waals surface area contributed by atoms with Crippen LogP contribution in [0.25, 0.3) is 0 Å². The lowest BCUT2D eigenvalue weighted by atomic mass is 10.1. The van der Waals surface area contributed by atoms with Crippen molar-refractivity contribution in [3.05, 3.63) is 57.5 Å². The third-order valence-corrected chi connectivity index (χ3v) is 3.65. The van der Waals surface area contributed by atoms with Crippen molar-refractivity contribution in [1.29, 1.82) is 0 Å². The maximum atomic E-state index is 13.0. The molecule has 2 nitrogen and oxygen atoms in total. The number of rotatable bonds is 6. The van der Waals surface area contributed by atoms with Crippen LogP contribution >= 0.6 is 11.3 Å². The highest BCUT2D eigenvalue weighted by atomic mass is 32.1. The molecule has 2 N–H and O–H groups in total. The Hall–Kier alpha value is -1.23. The summed E-state index contributed by atoms with van der Waals surface area (Å²) in [5, 5.41) is 2.06. The molecule has 0 amide bonds. The first-order valence-electron chi connectivity index (χ1n) is 5.87. The van der Waals surface area contributed by atoms with Gasteiger partial charge in [-0.15, -0.1) is 11.3 Å². The van der Waals surface area contributed by atoms with Crippen LogP contribution in [-0.4, -0.2) is 6.61 Å². The van der Waals surface area contributed by atoms with Gasteiger partial charge in [-0.05, 0) is 34.7 Å². The lowest BCUT2D eigenvalue weighted by Crippen LogP contribution is -2.05. The fourth-order valence-corrected chi connectivity index (χ4v) is 2.43. The molecule has 0 fully saturated rings. The molecule has 1 aromatic carbocycles. The van der Waals surface area contributed by atoms with Crippen molar-refractivity contribution in [3.8, 4) is 0 Å². The molecule has 0 bridgehead atoms. The van der Waals surface area contributed by atoms with Gasteiger partial charge in [0.05, 0.1) is 13.2 Å². The van der Waals surface area contributed by atoms with E-state index in [1.807, 2.05) is 6.07 Å². The van der Waals surface area contributed by atoms with Crippen molar-refractivity contribution >= 4 is 11.3 Å². The molecule has 0 aliphatic heterocycles. The zero-order chi connectivity index (χ0) is 12.8. The Kier molecular flexibility index (Phi) is 4.87. The van der Waals surface area contributed by atoms with Crippen LogP contribution < -0.4 is 5.73 Å². The van der Waals surface area contributed by atoms with E-state index in [4.69, 9.17) is 10.5 Å². The van der Waals surface area contributed by atoms with Gasteiger partial charge in [0.25, 0.3) is 0 Å². The Balaban J connectivity index is 1.83. The molecule has 0 aliphatic carbocycles. The Morgan fingerprint density at radius 3 is 2.83 bits per heavy atom. The SMILES string of the molecule is NCc1cc(F)ccc1COCCc1cccs1. The quantitative estimate of drug-likeness (QED) is 0.815. The average molecular weight is 265 g/mol. The Morgan fingerprint density at radius 1 is 1.22 bits per heavy atom. The zero-order valence-corrected chi connectivity index (χ0v) is 10.9. The maximum absolute atomic E-state index is 13.0. The van der Waals surface area contributed by atoms with E-state index >= 15 is 0 Å². The summed E-state index contributed by atoms with van der Waals surface area (Å²) >= 11 is 1.73. The van der Waals surface area contributed by atoms with Crippen LogP contribution in [0.15, 0.2) is 35.7 Å².